The summed E-state index contributed by atoms with van der Waals surface area (Å²) in [5.74, 6) is -1.41. The Labute approximate surface area is 160 Å². The van der Waals surface area contributed by atoms with E-state index in [2.05, 4.69) is 43.6 Å². The molecule has 0 radical (unpaired) electrons. The smallest absolute Gasteiger partial charge is 0.362 e. The molecule has 3 aromatic rings. The van der Waals surface area contributed by atoms with Gasteiger partial charge in [0.05, 0.1) is 6.04 Å². The van der Waals surface area contributed by atoms with Gasteiger partial charge in [0.1, 0.15) is 0 Å². The van der Waals surface area contributed by atoms with Gasteiger partial charge in [0.2, 0.25) is 5.82 Å². The van der Waals surface area contributed by atoms with Gasteiger partial charge in [-0.3, -0.25) is 0 Å². The molecule has 1 unspecified atom stereocenters. The van der Waals surface area contributed by atoms with E-state index in [0.717, 1.165) is 25.3 Å². The average Bonchev–Trinajstić information content (AvgIpc) is 3.20. The van der Waals surface area contributed by atoms with Gasteiger partial charge in [-0.15, -0.1) is 0 Å². The monoisotopic (exact) mass is 388 g/mol. The summed E-state index contributed by atoms with van der Waals surface area (Å²) in [6.07, 6.45) is -4.64. The largest absolute Gasteiger partial charge is 0.471 e. The molecule has 2 heterocycles. The number of likely N-dealkylation sites (N-methyl/N-ethyl adjacent to an activating group) is 1. The first-order chi connectivity index (χ1) is 13.4. The molecule has 28 heavy (non-hydrogen) atoms. The van der Waals surface area contributed by atoms with Crippen molar-refractivity contribution in [1.29, 1.82) is 0 Å². The van der Waals surface area contributed by atoms with E-state index in [-0.39, 0.29) is 11.9 Å². The topological polar surface area (TPSA) is 45.4 Å². The van der Waals surface area contributed by atoms with E-state index < -0.39 is 12.1 Å². The van der Waals surface area contributed by atoms with Gasteiger partial charge in [0, 0.05) is 30.9 Å². The Morgan fingerprint density at radius 2 is 1.71 bits per heavy atom. The summed E-state index contributed by atoms with van der Waals surface area (Å²) in [6.45, 7) is 2.69. The maximum Gasteiger partial charge on any atom is 0.471 e. The number of hydrogen-bond donors (Lipinski definition) is 0. The zero-order chi connectivity index (χ0) is 19.7. The van der Waals surface area contributed by atoms with Gasteiger partial charge in [0.25, 0.3) is 0 Å². The molecule has 0 amide bonds. The van der Waals surface area contributed by atoms with Crippen LogP contribution in [0.15, 0.2) is 59.1 Å². The molecule has 8 heteroatoms. The van der Waals surface area contributed by atoms with Crippen molar-refractivity contribution >= 4 is 5.69 Å². The minimum atomic E-state index is -4.64. The number of aromatic nitrogens is 2. The molecule has 1 aliphatic rings. The van der Waals surface area contributed by atoms with Crippen LogP contribution in [0.2, 0.25) is 0 Å². The number of anilines is 1. The first kappa shape index (κ1) is 18.5. The van der Waals surface area contributed by atoms with Gasteiger partial charge in [0.15, 0.2) is 0 Å². The Balaban J connectivity index is 1.59. The molecule has 5 nitrogen and oxygen atoms in total. The van der Waals surface area contributed by atoms with E-state index in [0.29, 0.717) is 5.56 Å². The van der Waals surface area contributed by atoms with Crippen LogP contribution in [0.5, 0.6) is 0 Å². The van der Waals surface area contributed by atoms with Crippen molar-refractivity contribution in [2.75, 3.05) is 31.6 Å². The number of halogens is 3. The van der Waals surface area contributed by atoms with Crippen molar-refractivity contribution in [1.82, 2.24) is 15.0 Å². The number of hydrogen-bond acceptors (Lipinski definition) is 5. The molecule has 0 spiro atoms. The van der Waals surface area contributed by atoms with Gasteiger partial charge in [-0.2, -0.15) is 18.2 Å². The lowest BCUT2D eigenvalue weighted by atomic mass is 10.0. The van der Waals surface area contributed by atoms with Crippen molar-refractivity contribution < 1.29 is 17.7 Å². The summed E-state index contributed by atoms with van der Waals surface area (Å²) in [7, 11) is 2.10. The van der Waals surface area contributed by atoms with Crippen LogP contribution < -0.4 is 4.90 Å². The zero-order valence-corrected chi connectivity index (χ0v) is 15.2. The lowest BCUT2D eigenvalue weighted by Gasteiger charge is -2.42. The normalized spacial score (nSPS) is 18.4. The maximum atomic E-state index is 12.7. The maximum absolute atomic E-state index is 12.7. The van der Waals surface area contributed by atoms with Gasteiger partial charge in [-0.1, -0.05) is 35.5 Å². The summed E-state index contributed by atoms with van der Waals surface area (Å²) < 4.78 is 42.3. The molecule has 1 saturated heterocycles. The van der Waals surface area contributed by atoms with Crippen molar-refractivity contribution in [3.05, 3.63) is 66.1 Å². The minimum absolute atomic E-state index is 0.0724. The van der Waals surface area contributed by atoms with Crippen LogP contribution in [0.3, 0.4) is 0 Å². The van der Waals surface area contributed by atoms with E-state index >= 15 is 0 Å². The molecule has 1 atom stereocenters. The quantitative estimate of drug-likeness (QED) is 0.671. The third-order valence-electron chi connectivity index (χ3n) is 4.89. The van der Waals surface area contributed by atoms with Crippen LogP contribution in [0.25, 0.3) is 11.4 Å². The summed E-state index contributed by atoms with van der Waals surface area (Å²) in [4.78, 5) is 8.05. The molecule has 2 aromatic carbocycles. The molecule has 0 N–H and O–H groups in total. The van der Waals surface area contributed by atoms with E-state index in [1.54, 1.807) is 12.1 Å². The number of benzene rings is 2. The minimum Gasteiger partial charge on any atom is -0.362 e. The van der Waals surface area contributed by atoms with Gasteiger partial charge >= 0.3 is 12.1 Å². The van der Waals surface area contributed by atoms with Gasteiger partial charge in [-0.05, 0) is 36.9 Å². The standard InChI is InChI=1S/C20H19F3N4O/c1-26-11-12-27(17(13-26)14-5-3-2-4-6-14)16-9-7-15(8-10-16)18-24-19(28-25-18)20(21,22)23/h2-10,17H,11-13H2,1H3. The lowest BCUT2D eigenvalue weighted by molar-refractivity contribution is -0.159. The molecule has 1 fully saturated rings. The fourth-order valence-electron chi connectivity index (χ4n) is 3.45. The van der Waals surface area contributed by atoms with Crippen LogP contribution in [-0.4, -0.2) is 41.7 Å². The van der Waals surface area contributed by atoms with Crippen molar-refractivity contribution in [2.45, 2.75) is 12.2 Å². The van der Waals surface area contributed by atoms with E-state index in [9.17, 15) is 13.2 Å². The predicted octanol–water partition coefficient (Wildman–Crippen LogP) is 4.25. The first-order valence-corrected chi connectivity index (χ1v) is 8.93. The SMILES string of the molecule is CN1CCN(c2ccc(-c3noc(C(F)(F)F)n3)cc2)C(c2ccccc2)C1. The first-order valence-electron chi connectivity index (χ1n) is 8.93. The van der Waals surface area contributed by atoms with E-state index in [1.807, 2.05) is 30.3 Å². The van der Waals surface area contributed by atoms with Crippen LogP contribution in [0, 0.1) is 0 Å². The second kappa shape index (κ2) is 7.27. The van der Waals surface area contributed by atoms with Gasteiger partial charge in [-0.25, -0.2) is 0 Å². The van der Waals surface area contributed by atoms with Crippen LogP contribution >= 0.6 is 0 Å². The summed E-state index contributed by atoms with van der Waals surface area (Å²) in [5, 5.41) is 3.44. The fraction of sp³-hybridized carbons (Fsp3) is 0.300. The zero-order valence-electron chi connectivity index (χ0n) is 15.2. The van der Waals surface area contributed by atoms with Crippen LogP contribution in [0.4, 0.5) is 18.9 Å². The third kappa shape index (κ3) is 3.73. The van der Waals surface area contributed by atoms with E-state index in [4.69, 9.17) is 0 Å². The highest BCUT2D eigenvalue weighted by atomic mass is 19.4. The molecule has 4 rings (SSSR count). The highest BCUT2D eigenvalue weighted by Crippen LogP contribution is 2.33. The summed E-state index contributed by atoms with van der Waals surface area (Å²) in [5.41, 5.74) is 2.71. The second-order valence-electron chi connectivity index (χ2n) is 6.85. The Morgan fingerprint density at radius 3 is 2.36 bits per heavy atom. The Bertz CT molecular complexity index is 925. The molecule has 0 bridgehead atoms. The molecule has 0 saturated carbocycles. The number of alkyl halides is 3. The third-order valence-corrected chi connectivity index (χ3v) is 4.89. The summed E-state index contributed by atoms with van der Waals surface area (Å²) in [6, 6.07) is 17.7. The van der Waals surface area contributed by atoms with Gasteiger partial charge < -0.3 is 14.3 Å². The summed E-state index contributed by atoms with van der Waals surface area (Å²) >= 11 is 0. The van der Waals surface area contributed by atoms with Crippen molar-refractivity contribution in [3.63, 3.8) is 0 Å². The number of rotatable bonds is 3. The second-order valence-corrected chi connectivity index (χ2v) is 6.85. The highest BCUT2D eigenvalue weighted by molar-refractivity contribution is 5.61. The number of nitrogens with zero attached hydrogens (tertiary/aromatic N) is 4. The Morgan fingerprint density at radius 1 is 1.00 bits per heavy atom. The Kier molecular flexibility index (Phi) is 4.80. The molecular weight excluding hydrogens is 369 g/mol. The Hall–Kier alpha value is -2.87. The molecular formula is C20H19F3N4O. The van der Waals surface area contributed by atoms with Crippen molar-refractivity contribution in [2.24, 2.45) is 0 Å². The average molecular weight is 388 g/mol. The molecule has 1 aromatic heterocycles. The lowest BCUT2D eigenvalue weighted by Crippen LogP contribution is -2.46. The van der Waals surface area contributed by atoms with Crippen LogP contribution in [0.1, 0.15) is 17.5 Å². The van der Waals surface area contributed by atoms with Crippen molar-refractivity contribution in [3.8, 4) is 11.4 Å². The molecule has 0 aliphatic carbocycles. The number of piperazine rings is 1. The molecule has 146 valence electrons. The fourth-order valence-corrected chi connectivity index (χ4v) is 3.45. The molecule has 1 aliphatic heterocycles. The predicted molar refractivity (Wildman–Crippen MR) is 98.8 cm³/mol. The van der Waals surface area contributed by atoms with E-state index in [1.165, 1.54) is 5.56 Å². The highest BCUT2D eigenvalue weighted by Gasteiger charge is 2.38. The van der Waals surface area contributed by atoms with Crippen LogP contribution in [-0.2, 0) is 6.18 Å².